The van der Waals surface area contributed by atoms with E-state index < -0.39 is 14.3 Å². The quantitative estimate of drug-likeness (QED) is 0.639. The van der Waals surface area contributed by atoms with Crippen LogP contribution in [0.5, 0.6) is 0 Å². The molecule has 0 aromatic rings. The Kier molecular flexibility index (Phi) is 4.12. The van der Waals surface area contributed by atoms with Gasteiger partial charge < -0.3 is 19.0 Å². The van der Waals surface area contributed by atoms with Crippen LogP contribution in [0.4, 0.5) is 0 Å². The van der Waals surface area contributed by atoms with E-state index in [1.807, 2.05) is 0 Å². The highest BCUT2D eigenvalue weighted by Gasteiger charge is 2.49. The van der Waals surface area contributed by atoms with Crippen LogP contribution >= 0.6 is 0 Å². The molecule has 3 atom stereocenters. The normalized spacial score (nSPS) is 32.6. The summed E-state index contributed by atoms with van der Waals surface area (Å²) in [6, 6.07) is 0. The fraction of sp³-hybridized carbons (Fsp3) is 0.786. The van der Waals surface area contributed by atoms with Crippen molar-refractivity contribution in [2.24, 2.45) is 0 Å². The maximum absolute atomic E-state index is 10.8. The molecular weight excluding hydrogens is 276 g/mol. The molecule has 0 spiro atoms. The van der Waals surface area contributed by atoms with Gasteiger partial charge in [-0.25, -0.2) is 4.79 Å². The average molecular weight is 300 g/mol. The lowest BCUT2D eigenvalue weighted by molar-refractivity contribution is -0.131. The minimum atomic E-state index is -1.88. The van der Waals surface area contributed by atoms with Gasteiger partial charge in [-0.1, -0.05) is 20.8 Å². The van der Waals surface area contributed by atoms with E-state index in [1.54, 1.807) is 0 Å². The topological polar surface area (TPSA) is 65.0 Å². The molecule has 2 aliphatic heterocycles. The maximum Gasteiger partial charge on any atom is 0.328 e. The van der Waals surface area contributed by atoms with Crippen molar-refractivity contribution < 1.29 is 23.8 Å². The smallest absolute Gasteiger partial charge is 0.328 e. The largest absolute Gasteiger partial charge is 0.478 e. The lowest BCUT2D eigenvalue weighted by atomic mass is 10.1. The summed E-state index contributed by atoms with van der Waals surface area (Å²) in [6.07, 6.45) is 0.663. The van der Waals surface area contributed by atoms with Crippen molar-refractivity contribution in [1.82, 2.24) is 0 Å². The van der Waals surface area contributed by atoms with Gasteiger partial charge in [-0.3, -0.25) is 0 Å². The van der Waals surface area contributed by atoms with Gasteiger partial charge in [0.25, 0.3) is 0 Å². The molecule has 0 radical (unpaired) electrons. The Morgan fingerprint density at radius 3 is 2.60 bits per heavy atom. The molecule has 0 amide bonds. The van der Waals surface area contributed by atoms with Crippen LogP contribution in [0.15, 0.2) is 11.6 Å². The van der Waals surface area contributed by atoms with Gasteiger partial charge >= 0.3 is 5.97 Å². The standard InChI is InChI=1S/C14H24O5Si/c1-14(2,3)20(4,5)19-10-8-18-12-9(6-11(15)16)7-17-13(10)12/h6,10,12-13H,7-8H2,1-5H3,(H,15,16)/b9-6+/t10-,12-,13-/m1/s1. The molecule has 0 aromatic heterocycles. The Morgan fingerprint density at radius 1 is 1.40 bits per heavy atom. The van der Waals surface area contributed by atoms with Gasteiger partial charge in [-0.2, -0.15) is 0 Å². The Hall–Kier alpha value is -0.693. The highest BCUT2D eigenvalue weighted by molar-refractivity contribution is 6.74. The second-order valence-electron chi connectivity index (χ2n) is 7.00. The third-order valence-electron chi connectivity index (χ3n) is 4.47. The van der Waals surface area contributed by atoms with Crippen molar-refractivity contribution >= 4 is 14.3 Å². The summed E-state index contributed by atoms with van der Waals surface area (Å²) < 4.78 is 17.7. The highest BCUT2D eigenvalue weighted by Crippen LogP contribution is 2.40. The average Bonchev–Trinajstić information content (AvgIpc) is 2.81. The zero-order valence-corrected chi connectivity index (χ0v) is 13.8. The molecule has 0 aliphatic carbocycles. The summed E-state index contributed by atoms with van der Waals surface area (Å²) >= 11 is 0. The van der Waals surface area contributed by atoms with Crippen LogP contribution < -0.4 is 0 Å². The Bertz CT molecular complexity index is 424. The molecule has 2 fully saturated rings. The first kappa shape index (κ1) is 15.7. The molecule has 5 nitrogen and oxygen atoms in total. The molecule has 0 saturated carbocycles. The molecule has 0 bridgehead atoms. The molecule has 2 heterocycles. The van der Waals surface area contributed by atoms with Crippen LogP contribution in [-0.4, -0.2) is 50.9 Å². The van der Waals surface area contributed by atoms with E-state index in [2.05, 4.69) is 33.9 Å². The first-order valence-corrected chi connectivity index (χ1v) is 9.87. The van der Waals surface area contributed by atoms with E-state index >= 15 is 0 Å². The summed E-state index contributed by atoms with van der Waals surface area (Å²) in [5.41, 5.74) is 0.698. The number of carbonyl (C=O) groups is 1. The summed E-state index contributed by atoms with van der Waals surface area (Å²) in [5.74, 6) is -0.957. The third kappa shape index (κ3) is 2.98. The molecule has 2 rings (SSSR count). The molecule has 1 N–H and O–H groups in total. The minimum absolute atomic E-state index is 0.0967. The van der Waals surface area contributed by atoms with Gasteiger partial charge in [-0.05, 0) is 23.7 Å². The van der Waals surface area contributed by atoms with Crippen LogP contribution in [0.2, 0.25) is 18.1 Å². The number of aliphatic carboxylic acids is 1. The summed E-state index contributed by atoms with van der Waals surface area (Å²) in [4.78, 5) is 10.8. The van der Waals surface area contributed by atoms with Gasteiger partial charge in [0.1, 0.15) is 12.2 Å². The van der Waals surface area contributed by atoms with Gasteiger partial charge in [0, 0.05) is 6.08 Å². The number of fused-ring (bicyclic) bond motifs is 1. The SMILES string of the molecule is CC(C)(C)[Si](C)(C)O[C@@H]1CO[C@@H]2/C(=C/C(=O)O)CO[C@@H]21. The van der Waals surface area contributed by atoms with Crippen molar-refractivity contribution in [2.45, 2.75) is 57.2 Å². The van der Waals surface area contributed by atoms with E-state index in [4.69, 9.17) is 19.0 Å². The predicted molar refractivity (Wildman–Crippen MR) is 77.3 cm³/mol. The van der Waals surface area contributed by atoms with E-state index in [9.17, 15) is 4.79 Å². The van der Waals surface area contributed by atoms with Crippen LogP contribution in [0.1, 0.15) is 20.8 Å². The van der Waals surface area contributed by atoms with Crippen molar-refractivity contribution in [1.29, 1.82) is 0 Å². The second-order valence-corrected chi connectivity index (χ2v) is 11.8. The number of hydrogen-bond donors (Lipinski definition) is 1. The lowest BCUT2D eigenvalue weighted by Crippen LogP contribution is -2.47. The fourth-order valence-corrected chi connectivity index (χ4v) is 3.62. The molecule has 0 aromatic carbocycles. The van der Waals surface area contributed by atoms with E-state index in [1.165, 1.54) is 6.08 Å². The van der Waals surface area contributed by atoms with Crippen LogP contribution in [0.25, 0.3) is 0 Å². The molecule has 2 saturated heterocycles. The van der Waals surface area contributed by atoms with Crippen LogP contribution in [0, 0.1) is 0 Å². The number of rotatable bonds is 3. The van der Waals surface area contributed by atoms with Crippen LogP contribution in [-0.2, 0) is 18.7 Å². The maximum atomic E-state index is 10.8. The van der Waals surface area contributed by atoms with Crippen molar-refractivity contribution in [3.05, 3.63) is 11.6 Å². The van der Waals surface area contributed by atoms with Gasteiger partial charge in [0.2, 0.25) is 0 Å². The Morgan fingerprint density at radius 2 is 2.05 bits per heavy atom. The van der Waals surface area contributed by atoms with Crippen LogP contribution in [0.3, 0.4) is 0 Å². The summed E-state index contributed by atoms with van der Waals surface area (Å²) in [6.45, 7) is 11.8. The zero-order chi connectivity index (χ0) is 15.1. The number of hydrogen-bond acceptors (Lipinski definition) is 4. The van der Waals surface area contributed by atoms with E-state index in [0.717, 1.165) is 0 Å². The lowest BCUT2D eigenvalue weighted by Gasteiger charge is -2.39. The number of carboxylic acids is 1. The first-order valence-electron chi connectivity index (χ1n) is 6.96. The summed E-state index contributed by atoms with van der Waals surface area (Å²) in [7, 11) is -1.88. The van der Waals surface area contributed by atoms with E-state index in [0.29, 0.717) is 18.8 Å². The van der Waals surface area contributed by atoms with E-state index in [-0.39, 0.29) is 23.4 Å². The zero-order valence-electron chi connectivity index (χ0n) is 12.8. The van der Waals surface area contributed by atoms with Crippen molar-refractivity contribution in [3.8, 4) is 0 Å². The molecule has 6 heteroatoms. The molecule has 114 valence electrons. The Balaban J connectivity index is 2.07. The summed E-state index contributed by atoms with van der Waals surface area (Å²) in [5, 5.41) is 8.97. The van der Waals surface area contributed by atoms with Crippen molar-refractivity contribution in [2.75, 3.05) is 13.2 Å². The molecule has 0 unspecified atom stereocenters. The van der Waals surface area contributed by atoms with Crippen molar-refractivity contribution in [3.63, 3.8) is 0 Å². The second kappa shape index (κ2) is 5.25. The third-order valence-corrected chi connectivity index (χ3v) is 8.98. The van der Waals surface area contributed by atoms with Gasteiger partial charge in [-0.15, -0.1) is 0 Å². The Labute approximate surface area is 121 Å². The minimum Gasteiger partial charge on any atom is -0.478 e. The fourth-order valence-electron chi connectivity index (χ4n) is 2.31. The monoisotopic (exact) mass is 300 g/mol. The molecule has 20 heavy (non-hydrogen) atoms. The van der Waals surface area contributed by atoms with Gasteiger partial charge in [0.15, 0.2) is 8.32 Å². The predicted octanol–water partition coefficient (Wildman–Crippen LogP) is 2.19. The molecular formula is C14H24O5Si. The van der Waals surface area contributed by atoms with Gasteiger partial charge in [0.05, 0.1) is 19.3 Å². The number of carboxylic acid groups (broad SMARTS) is 1. The number of ether oxygens (including phenoxy) is 2. The first-order chi connectivity index (χ1) is 9.12. The molecule has 2 aliphatic rings. The highest BCUT2D eigenvalue weighted by atomic mass is 28.4.